The van der Waals surface area contributed by atoms with Crippen molar-refractivity contribution in [3.8, 4) is 29.0 Å². The molecule has 9 nitrogen and oxygen atoms in total. The highest BCUT2D eigenvalue weighted by Crippen LogP contribution is 2.33. The summed E-state index contributed by atoms with van der Waals surface area (Å²) < 4.78 is 44.0. The van der Waals surface area contributed by atoms with E-state index < -0.39 is 10.0 Å². The molecule has 0 spiro atoms. The number of nitriles is 1. The third-order valence-electron chi connectivity index (χ3n) is 6.10. The summed E-state index contributed by atoms with van der Waals surface area (Å²) in [5.41, 5.74) is 1.63. The van der Waals surface area contributed by atoms with Crippen LogP contribution in [0.25, 0.3) is 11.5 Å². The minimum absolute atomic E-state index is 0.120. The van der Waals surface area contributed by atoms with Gasteiger partial charge in [0.15, 0.2) is 11.5 Å². The molecule has 3 aromatic rings. The predicted molar refractivity (Wildman–Crippen MR) is 124 cm³/mol. The first-order valence-corrected chi connectivity index (χ1v) is 12.5. The lowest BCUT2D eigenvalue weighted by Gasteiger charge is -2.29. The van der Waals surface area contributed by atoms with Crippen molar-refractivity contribution in [2.75, 3.05) is 25.2 Å². The number of aromatic nitrogens is 1. The van der Waals surface area contributed by atoms with Crippen LogP contribution in [-0.2, 0) is 16.6 Å². The van der Waals surface area contributed by atoms with E-state index >= 15 is 0 Å². The maximum atomic E-state index is 13.0. The molecule has 34 heavy (non-hydrogen) atoms. The third-order valence-corrected chi connectivity index (χ3v) is 8.02. The first kappa shape index (κ1) is 22.3. The number of hydrogen-bond donors (Lipinski definition) is 1. The Balaban J connectivity index is 1.31. The number of piperidine rings is 1. The molecule has 0 unspecified atom stereocenters. The van der Waals surface area contributed by atoms with Gasteiger partial charge in [-0.05, 0) is 60.7 Å². The smallest absolute Gasteiger partial charge is 0.243 e. The van der Waals surface area contributed by atoms with E-state index in [9.17, 15) is 13.7 Å². The van der Waals surface area contributed by atoms with Crippen molar-refractivity contribution in [2.45, 2.75) is 31.2 Å². The van der Waals surface area contributed by atoms with Gasteiger partial charge in [-0.15, -0.1) is 0 Å². The summed E-state index contributed by atoms with van der Waals surface area (Å²) in [5.74, 6) is 2.40. The van der Waals surface area contributed by atoms with E-state index in [0.717, 1.165) is 18.4 Å². The Morgan fingerprint density at radius 2 is 1.85 bits per heavy atom. The Hall–Kier alpha value is -3.55. The first-order valence-electron chi connectivity index (χ1n) is 11.1. The number of sulfonamides is 1. The van der Waals surface area contributed by atoms with E-state index in [2.05, 4.69) is 17.2 Å². The van der Waals surface area contributed by atoms with E-state index in [1.807, 2.05) is 24.3 Å². The van der Waals surface area contributed by atoms with Crippen LogP contribution in [0.2, 0.25) is 0 Å². The summed E-state index contributed by atoms with van der Waals surface area (Å²) in [6.45, 7) is 3.81. The maximum Gasteiger partial charge on any atom is 0.243 e. The monoisotopic (exact) mass is 480 g/mol. The van der Waals surface area contributed by atoms with Crippen LogP contribution in [0.1, 0.15) is 31.0 Å². The molecular formula is C24H24N4O5S. The number of nitrogens with one attached hydrogen (secondary N) is 1. The Bertz CT molecular complexity index is 1340. The molecular weight excluding hydrogens is 456 g/mol. The van der Waals surface area contributed by atoms with Crippen molar-refractivity contribution in [3.63, 3.8) is 0 Å². The molecule has 2 aliphatic heterocycles. The van der Waals surface area contributed by atoms with Gasteiger partial charge in [-0.25, -0.2) is 8.42 Å². The quantitative estimate of drug-likeness (QED) is 0.563. The van der Waals surface area contributed by atoms with Gasteiger partial charge in [-0.3, -0.25) is 0 Å². The van der Waals surface area contributed by atoms with Crippen LogP contribution in [0.15, 0.2) is 51.8 Å². The van der Waals surface area contributed by atoms with Gasteiger partial charge in [0, 0.05) is 25.2 Å². The van der Waals surface area contributed by atoms with Gasteiger partial charge >= 0.3 is 0 Å². The lowest BCUT2D eigenvalue weighted by molar-refractivity contribution is 0.174. The highest BCUT2D eigenvalue weighted by Gasteiger charge is 2.28. The normalized spacial score (nSPS) is 16.4. The lowest BCUT2D eigenvalue weighted by atomic mass is 10.0. The van der Waals surface area contributed by atoms with Gasteiger partial charge in [0.1, 0.15) is 6.07 Å². The number of benzene rings is 2. The molecule has 2 aromatic carbocycles. The second-order valence-corrected chi connectivity index (χ2v) is 10.4. The number of rotatable bonds is 6. The van der Waals surface area contributed by atoms with Gasteiger partial charge in [0.25, 0.3) is 0 Å². The van der Waals surface area contributed by atoms with Crippen molar-refractivity contribution in [1.82, 2.24) is 9.29 Å². The standard InChI is InChI=1S/C24H24N4O5S/c1-16-8-10-28(11-9-16)34(29,30)19-5-3-18(4-6-19)23-27-20(13-25)24(33-23)26-14-17-2-7-21-22(12-17)32-15-31-21/h2-7,12,16,26H,8-11,14-15H2,1H3. The average Bonchev–Trinajstić information content (AvgIpc) is 3.49. The highest BCUT2D eigenvalue weighted by molar-refractivity contribution is 7.89. The molecule has 0 radical (unpaired) electrons. The van der Waals surface area contributed by atoms with Crippen molar-refractivity contribution >= 4 is 15.9 Å². The van der Waals surface area contributed by atoms with Crippen LogP contribution in [0, 0.1) is 17.2 Å². The summed E-state index contributed by atoms with van der Waals surface area (Å²) in [6, 6.07) is 14.0. The number of fused-ring (bicyclic) bond motifs is 1. The molecule has 10 heteroatoms. The zero-order chi connectivity index (χ0) is 23.7. The Morgan fingerprint density at radius 1 is 1.12 bits per heavy atom. The van der Waals surface area contributed by atoms with Crippen LogP contribution in [0.5, 0.6) is 11.5 Å². The molecule has 1 aromatic heterocycles. The number of oxazole rings is 1. The van der Waals surface area contributed by atoms with Gasteiger partial charge in [0.05, 0.1) is 4.90 Å². The van der Waals surface area contributed by atoms with Crippen LogP contribution in [0.3, 0.4) is 0 Å². The molecule has 0 aliphatic carbocycles. The van der Waals surface area contributed by atoms with Crippen LogP contribution < -0.4 is 14.8 Å². The summed E-state index contributed by atoms with van der Waals surface area (Å²) in [7, 11) is -3.54. The fourth-order valence-electron chi connectivity index (χ4n) is 4.02. The second-order valence-electron chi connectivity index (χ2n) is 8.46. The number of ether oxygens (including phenoxy) is 2. The summed E-state index contributed by atoms with van der Waals surface area (Å²) in [5, 5.41) is 12.6. The van der Waals surface area contributed by atoms with E-state index in [4.69, 9.17) is 13.9 Å². The van der Waals surface area contributed by atoms with Crippen molar-refractivity contribution < 1.29 is 22.3 Å². The molecule has 176 valence electrons. The molecule has 2 aliphatic rings. The molecule has 3 heterocycles. The van der Waals surface area contributed by atoms with E-state index in [1.165, 1.54) is 0 Å². The van der Waals surface area contributed by atoms with Gasteiger partial charge in [-0.2, -0.15) is 14.6 Å². The number of hydrogen-bond acceptors (Lipinski definition) is 8. The summed E-state index contributed by atoms with van der Waals surface area (Å²) >= 11 is 0. The minimum Gasteiger partial charge on any atom is -0.454 e. The molecule has 0 bridgehead atoms. The van der Waals surface area contributed by atoms with Gasteiger partial charge < -0.3 is 19.2 Å². The SMILES string of the molecule is CC1CCN(S(=O)(=O)c2ccc(-c3nc(C#N)c(NCc4ccc5c(c4)OCO5)o3)cc2)CC1. The van der Waals surface area contributed by atoms with E-state index in [1.54, 1.807) is 28.6 Å². The number of nitrogens with zero attached hydrogens (tertiary/aromatic N) is 3. The Labute approximate surface area is 198 Å². The molecule has 0 amide bonds. The first-order chi connectivity index (χ1) is 16.4. The molecule has 1 saturated heterocycles. The molecule has 0 atom stereocenters. The van der Waals surface area contributed by atoms with Crippen molar-refractivity contribution in [2.24, 2.45) is 5.92 Å². The van der Waals surface area contributed by atoms with Gasteiger partial charge in [-0.1, -0.05) is 13.0 Å². The third kappa shape index (κ3) is 4.32. The van der Waals surface area contributed by atoms with Crippen LogP contribution >= 0.6 is 0 Å². The lowest BCUT2D eigenvalue weighted by Crippen LogP contribution is -2.37. The largest absolute Gasteiger partial charge is 0.454 e. The fraction of sp³-hybridized carbons (Fsp3) is 0.333. The zero-order valence-corrected chi connectivity index (χ0v) is 19.5. The highest BCUT2D eigenvalue weighted by atomic mass is 32.2. The minimum atomic E-state index is -3.54. The topological polar surface area (TPSA) is 118 Å². The zero-order valence-electron chi connectivity index (χ0n) is 18.7. The second kappa shape index (κ2) is 9.00. The fourth-order valence-corrected chi connectivity index (χ4v) is 5.49. The van der Waals surface area contributed by atoms with Crippen molar-refractivity contribution in [3.05, 3.63) is 53.7 Å². The Kier molecular flexibility index (Phi) is 5.89. The van der Waals surface area contributed by atoms with Gasteiger partial charge in [0.2, 0.25) is 34.3 Å². The maximum absolute atomic E-state index is 13.0. The summed E-state index contributed by atoms with van der Waals surface area (Å²) in [6.07, 6.45) is 1.74. The molecule has 1 N–H and O–H groups in total. The van der Waals surface area contributed by atoms with Crippen LogP contribution in [0.4, 0.5) is 5.88 Å². The Morgan fingerprint density at radius 3 is 2.59 bits per heavy atom. The molecule has 1 fully saturated rings. The van der Waals surface area contributed by atoms with E-state index in [0.29, 0.717) is 42.6 Å². The molecule has 5 rings (SSSR count). The average molecular weight is 481 g/mol. The van der Waals surface area contributed by atoms with E-state index in [-0.39, 0.29) is 29.2 Å². The van der Waals surface area contributed by atoms with Crippen LogP contribution in [-0.4, -0.2) is 37.6 Å². The molecule has 0 saturated carbocycles. The van der Waals surface area contributed by atoms with Crippen molar-refractivity contribution in [1.29, 1.82) is 5.26 Å². The predicted octanol–water partition coefficient (Wildman–Crippen LogP) is 3.97. The number of anilines is 1. The summed E-state index contributed by atoms with van der Waals surface area (Å²) in [4.78, 5) is 4.50.